The molecule has 0 spiro atoms. The lowest BCUT2D eigenvalue weighted by Crippen LogP contribution is -2.47. The highest BCUT2D eigenvalue weighted by atomic mass is 32.2. The second-order valence-corrected chi connectivity index (χ2v) is 8.52. The number of amides is 1. The minimum Gasteiger partial charge on any atom is -0.480 e. The van der Waals surface area contributed by atoms with Crippen molar-refractivity contribution in [2.45, 2.75) is 35.6 Å². The maximum atomic E-state index is 13.2. The number of nitrogens with zero attached hydrogens (tertiary/aromatic N) is 1. The molecule has 158 valence electrons. The fourth-order valence-corrected chi connectivity index (χ4v) is 4.86. The van der Waals surface area contributed by atoms with Gasteiger partial charge in [-0.05, 0) is 30.5 Å². The quantitative estimate of drug-likeness (QED) is 0.581. The summed E-state index contributed by atoms with van der Waals surface area (Å²) >= 11 is 0. The molecule has 3 rings (SSSR count). The first kappa shape index (κ1) is 21.7. The molecule has 1 aliphatic heterocycles. The van der Waals surface area contributed by atoms with Crippen molar-refractivity contribution in [1.82, 2.24) is 5.32 Å². The number of aliphatic carboxylic acids is 2. The van der Waals surface area contributed by atoms with Crippen LogP contribution in [-0.4, -0.2) is 50.2 Å². The predicted octanol–water partition coefficient (Wildman–Crippen LogP) is 1.62. The largest absolute Gasteiger partial charge is 0.480 e. The van der Waals surface area contributed by atoms with Crippen molar-refractivity contribution < 1.29 is 28.8 Å². The van der Waals surface area contributed by atoms with Crippen molar-refractivity contribution in [2.75, 3.05) is 11.4 Å². The normalized spacial score (nSPS) is 19.6. The zero-order valence-electron chi connectivity index (χ0n) is 16.1. The monoisotopic (exact) mass is 430 g/mol. The molecular formula is C21H22N2O6S. The Labute approximate surface area is 176 Å². The molecule has 1 aliphatic rings. The molecule has 3 N–H and O–H groups in total. The summed E-state index contributed by atoms with van der Waals surface area (Å²) < 4.78 is 13.2. The minimum atomic E-state index is -1.74. The number of carbonyl (C=O) groups is 3. The summed E-state index contributed by atoms with van der Waals surface area (Å²) in [5.41, 5.74) is 1.24. The molecule has 0 bridgehead atoms. The molecule has 1 heterocycles. The molecule has 9 heteroatoms. The third kappa shape index (κ3) is 5.11. The number of fused-ring (bicyclic) bond motifs is 1. The van der Waals surface area contributed by atoms with Crippen LogP contribution in [0.3, 0.4) is 0 Å². The van der Waals surface area contributed by atoms with E-state index in [0.29, 0.717) is 11.3 Å². The molecule has 3 atom stereocenters. The predicted molar refractivity (Wildman–Crippen MR) is 111 cm³/mol. The second-order valence-electron chi connectivity index (χ2n) is 6.91. The Morgan fingerprint density at radius 2 is 1.77 bits per heavy atom. The van der Waals surface area contributed by atoms with Crippen LogP contribution in [-0.2, 0) is 31.6 Å². The third-order valence-electron chi connectivity index (χ3n) is 4.84. The smallest absolute Gasteiger partial charge is 0.323 e. The van der Waals surface area contributed by atoms with Gasteiger partial charge in [0.05, 0.1) is 33.2 Å². The number of anilines is 1. The Balaban J connectivity index is 1.82. The summed E-state index contributed by atoms with van der Waals surface area (Å²) in [7, 11) is -1.74. The fourth-order valence-electron chi connectivity index (χ4n) is 3.37. The molecule has 0 saturated carbocycles. The van der Waals surface area contributed by atoms with Gasteiger partial charge in [-0.15, -0.1) is 0 Å². The third-order valence-corrected chi connectivity index (χ3v) is 6.43. The van der Waals surface area contributed by atoms with Crippen LogP contribution in [0.2, 0.25) is 0 Å². The summed E-state index contributed by atoms with van der Waals surface area (Å²) in [5.74, 6) is -2.82. The van der Waals surface area contributed by atoms with E-state index in [1.54, 1.807) is 24.3 Å². The SMILES string of the molecule is O=C(O)CN1C(=O)CC(N[C@@H](CCc2ccccc2)C(=O)O)S(=O)c2ccccc21. The number of aryl methyl sites for hydroxylation is 1. The number of hydrogen-bond acceptors (Lipinski definition) is 5. The van der Waals surface area contributed by atoms with Crippen LogP contribution in [0.15, 0.2) is 59.5 Å². The van der Waals surface area contributed by atoms with E-state index >= 15 is 0 Å². The number of rotatable bonds is 8. The Hall–Kier alpha value is -3.04. The maximum Gasteiger partial charge on any atom is 0.323 e. The molecule has 0 aliphatic carbocycles. The number of benzene rings is 2. The first-order valence-corrected chi connectivity index (χ1v) is 10.6. The average Bonchev–Trinajstić information content (AvgIpc) is 2.82. The molecule has 2 aromatic rings. The van der Waals surface area contributed by atoms with Crippen molar-refractivity contribution in [1.29, 1.82) is 0 Å². The zero-order chi connectivity index (χ0) is 21.7. The molecule has 30 heavy (non-hydrogen) atoms. The van der Waals surface area contributed by atoms with Gasteiger partial charge in [0.2, 0.25) is 5.91 Å². The van der Waals surface area contributed by atoms with Gasteiger partial charge in [0.1, 0.15) is 12.6 Å². The maximum absolute atomic E-state index is 13.2. The van der Waals surface area contributed by atoms with Crippen LogP contribution >= 0.6 is 0 Å². The van der Waals surface area contributed by atoms with Crippen molar-refractivity contribution in [2.24, 2.45) is 0 Å². The Bertz CT molecular complexity index is 965. The van der Waals surface area contributed by atoms with E-state index in [9.17, 15) is 23.7 Å². The lowest BCUT2D eigenvalue weighted by molar-refractivity contribution is -0.140. The summed E-state index contributed by atoms with van der Waals surface area (Å²) in [4.78, 5) is 37.1. The Kier molecular flexibility index (Phi) is 6.96. The van der Waals surface area contributed by atoms with Gasteiger partial charge in [0.25, 0.3) is 0 Å². The number of carboxylic acid groups (broad SMARTS) is 2. The van der Waals surface area contributed by atoms with Crippen molar-refractivity contribution >= 4 is 34.3 Å². The molecule has 2 aromatic carbocycles. The van der Waals surface area contributed by atoms with Gasteiger partial charge < -0.3 is 10.2 Å². The van der Waals surface area contributed by atoms with Crippen LogP contribution in [0.5, 0.6) is 0 Å². The van der Waals surface area contributed by atoms with Gasteiger partial charge in [-0.1, -0.05) is 42.5 Å². The highest BCUT2D eigenvalue weighted by molar-refractivity contribution is 7.85. The first-order chi connectivity index (χ1) is 14.4. The van der Waals surface area contributed by atoms with E-state index in [1.165, 1.54) is 0 Å². The zero-order valence-corrected chi connectivity index (χ0v) is 16.9. The van der Waals surface area contributed by atoms with Crippen molar-refractivity contribution in [3.63, 3.8) is 0 Å². The van der Waals surface area contributed by atoms with Gasteiger partial charge in [-0.25, -0.2) is 0 Å². The van der Waals surface area contributed by atoms with Gasteiger partial charge in [0.15, 0.2) is 0 Å². The summed E-state index contributed by atoms with van der Waals surface area (Å²) in [6.07, 6.45) is 0.477. The topological polar surface area (TPSA) is 124 Å². The lowest BCUT2D eigenvalue weighted by atomic mass is 10.1. The van der Waals surface area contributed by atoms with E-state index < -0.39 is 46.6 Å². The number of para-hydroxylation sites is 1. The second kappa shape index (κ2) is 9.64. The van der Waals surface area contributed by atoms with Gasteiger partial charge >= 0.3 is 11.9 Å². The molecule has 0 aromatic heterocycles. The molecular weight excluding hydrogens is 408 g/mol. The van der Waals surface area contributed by atoms with E-state index in [0.717, 1.165) is 10.5 Å². The molecule has 8 nitrogen and oxygen atoms in total. The Morgan fingerprint density at radius 3 is 2.43 bits per heavy atom. The summed E-state index contributed by atoms with van der Waals surface area (Å²) in [6.45, 7) is -0.559. The minimum absolute atomic E-state index is 0.252. The van der Waals surface area contributed by atoms with Gasteiger partial charge in [-0.3, -0.25) is 28.8 Å². The van der Waals surface area contributed by atoms with Crippen LogP contribution in [0.1, 0.15) is 18.4 Å². The standard InChI is InChI=1S/C21H22N2O6S/c24-19-12-18(22-15(21(27)28)11-10-14-6-2-1-3-7-14)30(29)17-9-5-4-8-16(17)23(19)13-20(25)26/h1-9,15,18,22H,10-13H2,(H,25,26)(H,27,28)/t15-,18?,30?/m0/s1. The van der Waals surface area contributed by atoms with E-state index in [-0.39, 0.29) is 18.5 Å². The summed E-state index contributed by atoms with van der Waals surface area (Å²) in [6, 6.07) is 14.8. The molecule has 0 saturated heterocycles. The van der Waals surface area contributed by atoms with Crippen LogP contribution in [0, 0.1) is 0 Å². The lowest BCUT2D eigenvalue weighted by Gasteiger charge is -2.21. The summed E-state index contributed by atoms with van der Waals surface area (Å²) in [5, 5.41) is 20.7. The fraction of sp³-hybridized carbons (Fsp3) is 0.286. The Morgan fingerprint density at radius 1 is 1.10 bits per heavy atom. The number of hydrogen-bond donors (Lipinski definition) is 3. The molecule has 0 radical (unpaired) electrons. The van der Waals surface area contributed by atoms with E-state index in [1.807, 2.05) is 30.3 Å². The number of nitrogens with one attached hydrogen (secondary N) is 1. The molecule has 0 fully saturated rings. The van der Waals surface area contributed by atoms with Gasteiger partial charge in [-0.2, -0.15) is 0 Å². The number of carboxylic acids is 2. The highest BCUT2D eigenvalue weighted by Crippen LogP contribution is 2.30. The average molecular weight is 430 g/mol. The molecule has 2 unspecified atom stereocenters. The van der Waals surface area contributed by atoms with Crippen LogP contribution in [0.25, 0.3) is 0 Å². The van der Waals surface area contributed by atoms with E-state index in [2.05, 4.69) is 5.32 Å². The first-order valence-electron chi connectivity index (χ1n) is 9.41. The molecule has 1 amide bonds. The van der Waals surface area contributed by atoms with Crippen LogP contribution in [0.4, 0.5) is 5.69 Å². The van der Waals surface area contributed by atoms with Gasteiger partial charge in [0, 0.05) is 0 Å². The number of carbonyl (C=O) groups excluding carboxylic acids is 1. The van der Waals surface area contributed by atoms with Crippen molar-refractivity contribution in [3.8, 4) is 0 Å². The highest BCUT2D eigenvalue weighted by Gasteiger charge is 2.35. The van der Waals surface area contributed by atoms with Crippen molar-refractivity contribution in [3.05, 3.63) is 60.2 Å². The van der Waals surface area contributed by atoms with E-state index in [4.69, 9.17) is 5.11 Å². The van der Waals surface area contributed by atoms with Crippen LogP contribution < -0.4 is 10.2 Å².